The van der Waals surface area contributed by atoms with Gasteiger partial charge in [-0.2, -0.15) is 0 Å². The van der Waals surface area contributed by atoms with Gasteiger partial charge < -0.3 is 14.6 Å². The van der Waals surface area contributed by atoms with Gasteiger partial charge in [0.1, 0.15) is 36.0 Å². The minimum atomic E-state index is -0.270. The van der Waals surface area contributed by atoms with E-state index in [9.17, 15) is 4.39 Å². The molecule has 1 N–H and O–H groups in total. The molecule has 0 spiro atoms. The molecule has 0 amide bonds. The lowest BCUT2D eigenvalue weighted by molar-refractivity contribution is 0.332. The van der Waals surface area contributed by atoms with Crippen molar-refractivity contribution < 1.29 is 9.13 Å². The standard InChI is InChI=1S/C15H15FN4O/c1-20-8-6-13-14(18-10-19-15(13)20)17-7-9-21-12-4-2-11(16)3-5-12/h2-6,8,10H,7,9H2,1H3,(H,17,18,19). The maximum absolute atomic E-state index is 12.8. The Morgan fingerprint density at radius 3 is 2.81 bits per heavy atom. The molecule has 0 aliphatic heterocycles. The number of nitrogens with one attached hydrogen (secondary N) is 1. The lowest BCUT2D eigenvalue weighted by Crippen LogP contribution is -2.12. The topological polar surface area (TPSA) is 52.0 Å². The van der Waals surface area contributed by atoms with Crippen molar-refractivity contribution in [2.24, 2.45) is 7.05 Å². The summed E-state index contributed by atoms with van der Waals surface area (Å²) in [5, 5.41) is 4.19. The van der Waals surface area contributed by atoms with Gasteiger partial charge in [-0.05, 0) is 30.3 Å². The molecule has 0 radical (unpaired) electrons. The summed E-state index contributed by atoms with van der Waals surface area (Å²) in [7, 11) is 1.94. The molecular weight excluding hydrogens is 271 g/mol. The number of anilines is 1. The summed E-state index contributed by atoms with van der Waals surface area (Å²) in [5.74, 6) is 1.15. The van der Waals surface area contributed by atoms with Gasteiger partial charge in [0.2, 0.25) is 0 Å². The minimum Gasteiger partial charge on any atom is -0.492 e. The molecule has 0 atom stereocenters. The third kappa shape index (κ3) is 2.94. The molecule has 2 heterocycles. The van der Waals surface area contributed by atoms with Gasteiger partial charge in [-0.15, -0.1) is 0 Å². The van der Waals surface area contributed by atoms with E-state index in [1.54, 1.807) is 12.1 Å². The summed E-state index contributed by atoms with van der Waals surface area (Å²) in [6.07, 6.45) is 3.48. The van der Waals surface area contributed by atoms with Crippen LogP contribution in [-0.2, 0) is 7.05 Å². The number of fused-ring (bicyclic) bond motifs is 1. The fourth-order valence-corrected chi connectivity index (χ4v) is 2.09. The number of nitrogens with zero attached hydrogens (tertiary/aromatic N) is 3. The van der Waals surface area contributed by atoms with Gasteiger partial charge in [-0.1, -0.05) is 0 Å². The highest BCUT2D eigenvalue weighted by Gasteiger charge is 2.05. The Morgan fingerprint density at radius 1 is 1.19 bits per heavy atom. The van der Waals surface area contributed by atoms with E-state index >= 15 is 0 Å². The van der Waals surface area contributed by atoms with Crippen molar-refractivity contribution in [2.45, 2.75) is 0 Å². The molecule has 0 aliphatic carbocycles. The third-order valence-electron chi connectivity index (χ3n) is 3.14. The van der Waals surface area contributed by atoms with Gasteiger partial charge in [0.05, 0.1) is 11.9 Å². The zero-order chi connectivity index (χ0) is 14.7. The van der Waals surface area contributed by atoms with E-state index in [1.807, 2.05) is 23.9 Å². The van der Waals surface area contributed by atoms with Crippen molar-refractivity contribution >= 4 is 16.9 Å². The monoisotopic (exact) mass is 286 g/mol. The molecule has 2 aromatic heterocycles. The van der Waals surface area contributed by atoms with Gasteiger partial charge in [0.15, 0.2) is 0 Å². The fraction of sp³-hybridized carbons (Fsp3) is 0.200. The molecule has 5 nitrogen and oxygen atoms in total. The zero-order valence-corrected chi connectivity index (χ0v) is 11.6. The van der Waals surface area contributed by atoms with Crippen LogP contribution in [-0.4, -0.2) is 27.7 Å². The SMILES string of the molecule is Cn1ccc2c(NCCOc3ccc(F)cc3)ncnc21. The van der Waals surface area contributed by atoms with Gasteiger partial charge in [0, 0.05) is 13.2 Å². The zero-order valence-electron chi connectivity index (χ0n) is 11.6. The second kappa shape index (κ2) is 5.78. The maximum atomic E-state index is 12.8. The van der Waals surface area contributed by atoms with Crippen LogP contribution in [0.3, 0.4) is 0 Å². The highest BCUT2D eigenvalue weighted by Crippen LogP contribution is 2.19. The summed E-state index contributed by atoms with van der Waals surface area (Å²) in [4.78, 5) is 8.47. The average molecular weight is 286 g/mol. The van der Waals surface area contributed by atoms with Gasteiger partial charge in [0.25, 0.3) is 0 Å². The summed E-state index contributed by atoms with van der Waals surface area (Å²) in [6.45, 7) is 1.06. The number of hydrogen-bond donors (Lipinski definition) is 1. The molecule has 0 saturated heterocycles. The van der Waals surface area contributed by atoms with Crippen molar-refractivity contribution in [3.63, 3.8) is 0 Å². The molecule has 0 unspecified atom stereocenters. The summed E-state index contributed by atoms with van der Waals surface area (Å²) < 4.78 is 20.2. The van der Waals surface area contributed by atoms with Gasteiger partial charge >= 0.3 is 0 Å². The van der Waals surface area contributed by atoms with E-state index < -0.39 is 0 Å². The summed E-state index contributed by atoms with van der Waals surface area (Å²) in [5.41, 5.74) is 0.881. The Bertz CT molecular complexity index is 739. The van der Waals surface area contributed by atoms with E-state index in [4.69, 9.17) is 4.74 Å². The predicted octanol–water partition coefficient (Wildman–Crippen LogP) is 2.60. The van der Waals surface area contributed by atoms with E-state index in [0.29, 0.717) is 18.9 Å². The third-order valence-corrected chi connectivity index (χ3v) is 3.14. The molecule has 3 aromatic rings. The van der Waals surface area contributed by atoms with Crippen LogP contribution >= 0.6 is 0 Å². The maximum Gasteiger partial charge on any atom is 0.145 e. The van der Waals surface area contributed by atoms with Crippen molar-refractivity contribution in [3.8, 4) is 5.75 Å². The number of hydrogen-bond acceptors (Lipinski definition) is 4. The Labute approximate surface area is 121 Å². The van der Waals surface area contributed by atoms with E-state index in [-0.39, 0.29) is 5.82 Å². The largest absolute Gasteiger partial charge is 0.492 e. The fourth-order valence-electron chi connectivity index (χ4n) is 2.09. The highest BCUT2D eigenvalue weighted by atomic mass is 19.1. The number of aryl methyl sites for hydroxylation is 1. The molecule has 21 heavy (non-hydrogen) atoms. The van der Waals surface area contributed by atoms with Gasteiger partial charge in [-0.25, -0.2) is 14.4 Å². The number of rotatable bonds is 5. The quantitative estimate of drug-likeness (QED) is 0.732. The lowest BCUT2D eigenvalue weighted by atomic mass is 10.3. The first-order valence-corrected chi connectivity index (χ1v) is 6.62. The second-order valence-corrected chi connectivity index (χ2v) is 4.62. The number of halogens is 1. The molecule has 1 aromatic carbocycles. The van der Waals surface area contributed by atoms with E-state index in [2.05, 4.69) is 15.3 Å². The molecule has 3 rings (SSSR count). The molecular formula is C15H15FN4O. The number of aromatic nitrogens is 3. The Morgan fingerprint density at radius 2 is 2.00 bits per heavy atom. The predicted molar refractivity (Wildman–Crippen MR) is 78.9 cm³/mol. The first-order valence-electron chi connectivity index (χ1n) is 6.62. The minimum absolute atomic E-state index is 0.270. The van der Waals surface area contributed by atoms with Crippen molar-refractivity contribution in [1.29, 1.82) is 0 Å². The average Bonchev–Trinajstić information content (AvgIpc) is 2.88. The van der Waals surface area contributed by atoms with Crippen molar-refractivity contribution in [1.82, 2.24) is 14.5 Å². The van der Waals surface area contributed by atoms with Crippen LogP contribution in [0.5, 0.6) is 5.75 Å². The van der Waals surface area contributed by atoms with Crippen LogP contribution in [0.25, 0.3) is 11.0 Å². The number of ether oxygens (including phenoxy) is 1. The van der Waals surface area contributed by atoms with Crippen LogP contribution in [0.15, 0.2) is 42.9 Å². The smallest absolute Gasteiger partial charge is 0.145 e. The van der Waals surface area contributed by atoms with Crippen molar-refractivity contribution in [3.05, 3.63) is 48.7 Å². The van der Waals surface area contributed by atoms with E-state index in [0.717, 1.165) is 16.9 Å². The Balaban J connectivity index is 1.58. The molecule has 0 bridgehead atoms. The van der Waals surface area contributed by atoms with Crippen molar-refractivity contribution in [2.75, 3.05) is 18.5 Å². The molecule has 6 heteroatoms. The van der Waals surface area contributed by atoms with Crippen LogP contribution in [0.4, 0.5) is 10.2 Å². The van der Waals surface area contributed by atoms with Gasteiger partial charge in [-0.3, -0.25) is 0 Å². The van der Waals surface area contributed by atoms with Crippen LogP contribution < -0.4 is 10.1 Å². The Kier molecular flexibility index (Phi) is 3.68. The lowest BCUT2D eigenvalue weighted by Gasteiger charge is -2.08. The van der Waals surface area contributed by atoms with Crippen LogP contribution in [0, 0.1) is 5.82 Å². The number of benzene rings is 1. The van der Waals surface area contributed by atoms with Crippen LogP contribution in [0.2, 0.25) is 0 Å². The highest BCUT2D eigenvalue weighted by molar-refractivity contribution is 5.87. The molecule has 108 valence electrons. The Hall–Kier alpha value is -2.63. The summed E-state index contributed by atoms with van der Waals surface area (Å²) in [6, 6.07) is 7.94. The van der Waals surface area contributed by atoms with E-state index in [1.165, 1.54) is 18.5 Å². The molecule has 0 fully saturated rings. The summed E-state index contributed by atoms with van der Waals surface area (Å²) >= 11 is 0. The first-order chi connectivity index (χ1) is 10.2. The molecule has 0 saturated carbocycles. The first kappa shape index (κ1) is 13.4. The second-order valence-electron chi connectivity index (χ2n) is 4.62. The normalized spacial score (nSPS) is 10.8. The molecule has 0 aliphatic rings. The van der Waals surface area contributed by atoms with Crippen LogP contribution in [0.1, 0.15) is 0 Å².